The van der Waals surface area contributed by atoms with Gasteiger partial charge in [-0.25, -0.2) is 22.0 Å². The van der Waals surface area contributed by atoms with Crippen LogP contribution in [0.4, 0.5) is 27.6 Å². The van der Waals surface area contributed by atoms with Crippen LogP contribution in [0.2, 0.25) is 0 Å². The predicted octanol–water partition coefficient (Wildman–Crippen LogP) is 4.28. The van der Waals surface area contributed by atoms with Crippen molar-refractivity contribution in [2.75, 3.05) is 31.1 Å². The molecule has 9 heteroatoms. The molecule has 0 atom stereocenters. The number of amides is 1. The van der Waals surface area contributed by atoms with Crippen molar-refractivity contribution in [3.8, 4) is 0 Å². The van der Waals surface area contributed by atoms with E-state index in [4.69, 9.17) is 0 Å². The molecule has 1 fully saturated rings. The van der Waals surface area contributed by atoms with Crippen molar-refractivity contribution in [1.29, 1.82) is 0 Å². The number of hydrogen-bond donors (Lipinski definition) is 0. The van der Waals surface area contributed by atoms with E-state index in [2.05, 4.69) is 0 Å². The summed E-state index contributed by atoms with van der Waals surface area (Å²) in [6.45, 7) is 0.255. The minimum Gasteiger partial charge on any atom is -0.363 e. The zero-order valence-electron chi connectivity index (χ0n) is 14.8. The molecule has 1 aliphatic carbocycles. The normalized spacial score (nSPS) is 17.0. The summed E-state index contributed by atoms with van der Waals surface area (Å²) >= 11 is 1.41. The van der Waals surface area contributed by atoms with Crippen molar-refractivity contribution >= 4 is 22.9 Å². The second-order valence-corrected chi connectivity index (χ2v) is 7.85. The van der Waals surface area contributed by atoms with Gasteiger partial charge in [-0.3, -0.25) is 4.79 Å². The molecule has 1 aromatic carbocycles. The van der Waals surface area contributed by atoms with E-state index >= 15 is 0 Å². The monoisotopic (exact) mass is 416 g/mol. The van der Waals surface area contributed by atoms with Crippen molar-refractivity contribution in [3.63, 3.8) is 0 Å². The Morgan fingerprint density at radius 2 is 1.39 bits per heavy atom. The number of piperazine rings is 1. The predicted molar refractivity (Wildman–Crippen MR) is 95.3 cm³/mol. The number of thiophene rings is 1. The quantitative estimate of drug-likeness (QED) is 0.414. The molecular weight excluding hydrogens is 399 g/mol. The second-order valence-electron chi connectivity index (χ2n) is 6.97. The lowest BCUT2D eigenvalue weighted by molar-refractivity contribution is 0.0750. The van der Waals surface area contributed by atoms with Crippen molar-refractivity contribution < 1.29 is 26.7 Å². The highest BCUT2D eigenvalue weighted by Gasteiger charge is 2.32. The van der Waals surface area contributed by atoms with E-state index in [-0.39, 0.29) is 32.1 Å². The first-order valence-electron chi connectivity index (χ1n) is 9.05. The van der Waals surface area contributed by atoms with Crippen molar-refractivity contribution in [3.05, 3.63) is 50.5 Å². The topological polar surface area (TPSA) is 23.6 Å². The maximum atomic E-state index is 14.0. The van der Waals surface area contributed by atoms with Crippen LogP contribution in [0.15, 0.2) is 5.38 Å². The number of carbonyl (C=O) groups is 1. The highest BCUT2D eigenvalue weighted by atomic mass is 32.1. The summed E-state index contributed by atoms with van der Waals surface area (Å²) < 4.78 is 68.2. The number of aryl methyl sites for hydroxylation is 1. The van der Waals surface area contributed by atoms with Gasteiger partial charge in [-0.05, 0) is 42.2 Å². The highest BCUT2D eigenvalue weighted by molar-refractivity contribution is 7.12. The van der Waals surface area contributed by atoms with Crippen LogP contribution < -0.4 is 4.90 Å². The van der Waals surface area contributed by atoms with E-state index in [9.17, 15) is 26.7 Å². The Morgan fingerprint density at radius 1 is 0.821 bits per heavy atom. The molecule has 2 aliphatic rings. The van der Waals surface area contributed by atoms with Gasteiger partial charge in [0.05, 0.1) is 4.88 Å². The number of nitrogens with zero attached hydrogens (tertiary/aromatic N) is 2. The van der Waals surface area contributed by atoms with Gasteiger partial charge >= 0.3 is 0 Å². The van der Waals surface area contributed by atoms with Crippen molar-refractivity contribution in [2.45, 2.75) is 25.7 Å². The summed E-state index contributed by atoms with van der Waals surface area (Å²) in [7, 11) is 0. The Labute approximate surface area is 162 Å². The van der Waals surface area contributed by atoms with Gasteiger partial charge in [0, 0.05) is 26.2 Å². The molecule has 2 aromatic rings. The van der Waals surface area contributed by atoms with Crippen LogP contribution >= 0.6 is 11.3 Å². The van der Waals surface area contributed by atoms with Crippen LogP contribution in [-0.2, 0) is 12.8 Å². The Balaban J connectivity index is 1.51. The lowest BCUT2D eigenvalue weighted by Crippen LogP contribution is -2.49. The van der Waals surface area contributed by atoms with E-state index in [0.717, 1.165) is 36.1 Å². The minimum atomic E-state index is -2.17. The third kappa shape index (κ3) is 3.05. The largest absolute Gasteiger partial charge is 0.363 e. The first kappa shape index (κ1) is 19.2. The fraction of sp³-hybridized carbons (Fsp3) is 0.421. The van der Waals surface area contributed by atoms with Gasteiger partial charge in [-0.2, -0.15) is 0 Å². The first-order chi connectivity index (χ1) is 13.4. The van der Waals surface area contributed by atoms with Crippen LogP contribution in [0.1, 0.15) is 33.6 Å². The zero-order valence-corrected chi connectivity index (χ0v) is 15.7. The molecule has 1 aliphatic heterocycles. The van der Waals surface area contributed by atoms with E-state index in [1.54, 1.807) is 4.90 Å². The maximum Gasteiger partial charge on any atom is 0.264 e. The molecule has 0 unspecified atom stereocenters. The number of rotatable bonds is 2. The molecule has 150 valence electrons. The molecule has 0 spiro atoms. The molecule has 1 aromatic heterocycles. The van der Waals surface area contributed by atoms with Gasteiger partial charge in [0.25, 0.3) is 5.91 Å². The first-order valence-corrected chi connectivity index (χ1v) is 9.93. The number of carbonyl (C=O) groups excluding carboxylic acids is 1. The van der Waals surface area contributed by atoms with Crippen LogP contribution in [-0.4, -0.2) is 37.0 Å². The van der Waals surface area contributed by atoms with Crippen LogP contribution in [0, 0.1) is 29.1 Å². The van der Waals surface area contributed by atoms with Crippen LogP contribution in [0.25, 0.3) is 0 Å². The standard InChI is InChI=1S/C19H17F5N2OS/c20-12-13(21)15(23)17(16(24)14(12)22)25-5-7-26(8-6-25)19(27)18-11-4-2-1-3-10(11)9-28-18/h9H,1-8H2. The molecular formula is C19H17F5N2OS. The van der Waals surface area contributed by atoms with E-state index in [1.165, 1.54) is 16.9 Å². The molecule has 1 amide bonds. The maximum absolute atomic E-state index is 14.0. The molecule has 4 rings (SSSR count). The van der Waals surface area contributed by atoms with Gasteiger partial charge in [0.1, 0.15) is 5.69 Å². The second kappa shape index (κ2) is 7.35. The molecule has 3 nitrogen and oxygen atoms in total. The fourth-order valence-corrected chi connectivity index (χ4v) is 4.97. The van der Waals surface area contributed by atoms with E-state index < -0.39 is 34.8 Å². The number of halogens is 5. The number of fused-ring (bicyclic) bond motifs is 1. The molecule has 28 heavy (non-hydrogen) atoms. The van der Waals surface area contributed by atoms with Crippen molar-refractivity contribution in [1.82, 2.24) is 4.90 Å². The average molecular weight is 416 g/mol. The summed E-state index contributed by atoms with van der Waals surface area (Å²) in [5, 5.41) is 2.01. The Bertz CT molecular complexity index is 908. The molecule has 0 saturated carbocycles. The Hall–Kier alpha value is -2.16. The van der Waals surface area contributed by atoms with Gasteiger partial charge in [-0.1, -0.05) is 0 Å². The average Bonchev–Trinajstić information content (AvgIpc) is 3.15. The fourth-order valence-electron chi connectivity index (χ4n) is 3.85. The molecule has 1 saturated heterocycles. The van der Waals surface area contributed by atoms with Crippen molar-refractivity contribution in [2.24, 2.45) is 0 Å². The third-order valence-corrected chi connectivity index (χ3v) is 6.43. The lowest BCUT2D eigenvalue weighted by Gasteiger charge is -2.36. The van der Waals surface area contributed by atoms with Gasteiger partial charge in [0.15, 0.2) is 23.3 Å². The smallest absolute Gasteiger partial charge is 0.264 e. The van der Waals surface area contributed by atoms with Gasteiger partial charge < -0.3 is 9.80 Å². The van der Waals surface area contributed by atoms with E-state index in [1.807, 2.05) is 5.38 Å². The number of hydrogen-bond acceptors (Lipinski definition) is 3. The zero-order chi connectivity index (χ0) is 20.0. The summed E-state index contributed by atoms with van der Waals surface area (Å²) in [5.41, 5.74) is 1.36. The van der Waals surface area contributed by atoms with E-state index in [0.29, 0.717) is 4.88 Å². The molecule has 0 N–H and O–H groups in total. The molecule has 0 radical (unpaired) electrons. The van der Waals surface area contributed by atoms with Crippen LogP contribution in [0.5, 0.6) is 0 Å². The van der Waals surface area contributed by atoms with Gasteiger partial charge in [0.2, 0.25) is 5.82 Å². The summed E-state index contributed by atoms with van der Waals surface area (Å²) in [6.07, 6.45) is 3.98. The Morgan fingerprint density at radius 3 is 2.04 bits per heavy atom. The third-order valence-electron chi connectivity index (χ3n) is 5.37. The van der Waals surface area contributed by atoms with Gasteiger partial charge in [-0.15, -0.1) is 11.3 Å². The molecule has 2 heterocycles. The van der Waals surface area contributed by atoms with Crippen LogP contribution in [0.3, 0.4) is 0 Å². The Kier molecular flexibility index (Phi) is 5.03. The minimum absolute atomic E-state index is 0.0162. The number of benzene rings is 1. The summed E-state index contributed by atoms with van der Waals surface area (Å²) in [5.74, 6) is -9.91. The molecule has 0 bridgehead atoms. The SMILES string of the molecule is O=C(c1scc2c1CCCC2)N1CCN(c2c(F)c(F)c(F)c(F)c2F)CC1. The number of anilines is 1. The highest BCUT2D eigenvalue weighted by Crippen LogP contribution is 2.33. The lowest BCUT2D eigenvalue weighted by atomic mass is 9.93. The summed E-state index contributed by atoms with van der Waals surface area (Å²) in [4.78, 5) is 16.2. The summed E-state index contributed by atoms with van der Waals surface area (Å²) in [6, 6.07) is 0.